The number of amides is 1. The molecule has 1 atom stereocenters. The predicted octanol–water partition coefficient (Wildman–Crippen LogP) is 3.25. The quantitative estimate of drug-likeness (QED) is 0.791. The Morgan fingerprint density at radius 1 is 0.889 bits per heavy atom. The molecule has 0 bridgehead atoms. The van der Waals surface area contributed by atoms with Crippen LogP contribution in [0.3, 0.4) is 0 Å². The van der Waals surface area contributed by atoms with Crippen molar-refractivity contribution >= 4 is 5.91 Å². The van der Waals surface area contributed by atoms with Crippen molar-refractivity contribution in [1.29, 1.82) is 0 Å². The van der Waals surface area contributed by atoms with Gasteiger partial charge in [-0.15, -0.1) is 0 Å². The zero-order valence-electron chi connectivity index (χ0n) is 15.6. The highest BCUT2D eigenvalue weighted by molar-refractivity contribution is 5.91. The molecular formula is C23H26N2O2. The van der Waals surface area contributed by atoms with E-state index in [0.717, 1.165) is 44.8 Å². The zero-order valence-corrected chi connectivity index (χ0v) is 15.6. The fraction of sp³-hybridized carbons (Fsp3) is 0.348. The highest BCUT2D eigenvalue weighted by Crippen LogP contribution is 2.29. The highest BCUT2D eigenvalue weighted by Gasteiger charge is 2.35. The van der Waals surface area contributed by atoms with Crippen LogP contribution in [-0.2, 0) is 22.5 Å². The van der Waals surface area contributed by atoms with E-state index in [1.165, 1.54) is 11.1 Å². The molecule has 0 radical (unpaired) electrons. The van der Waals surface area contributed by atoms with Crippen LogP contribution >= 0.6 is 0 Å². The normalized spacial score (nSPS) is 20.1. The molecule has 4 nitrogen and oxygen atoms in total. The Balaban J connectivity index is 1.54. The van der Waals surface area contributed by atoms with Gasteiger partial charge in [0.15, 0.2) is 0 Å². The third-order valence-electron chi connectivity index (χ3n) is 5.39. The van der Waals surface area contributed by atoms with Crippen molar-refractivity contribution in [3.8, 4) is 0 Å². The summed E-state index contributed by atoms with van der Waals surface area (Å²) in [5, 5.41) is 0. The number of ether oxygens (including phenoxy) is 1. The van der Waals surface area contributed by atoms with E-state index in [0.29, 0.717) is 6.54 Å². The van der Waals surface area contributed by atoms with E-state index in [9.17, 15) is 4.79 Å². The van der Waals surface area contributed by atoms with Gasteiger partial charge in [-0.2, -0.15) is 0 Å². The van der Waals surface area contributed by atoms with Gasteiger partial charge in [-0.05, 0) is 24.0 Å². The maximum absolute atomic E-state index is 12.8. The first-order valence-electron chi connectivity index (χ1n) is 9.74. The van der Waals surface area contributed by atoms with Crippen molar-refractivity contribution in [2.24, 2.45) is 0 Å². The van der Waals surface area contributed by atoms with Crippen LogP contribution in [0.1, 0.15) is 17.5 Å². The van der Waals surface area contributed by atoms with E-state index >= 15 is 0 Å². The lowest BCUT2D eigenvalue weighted by Gasteiger charge is -2.35. The molecule has 1 unspecified atom stereocenters. The van der Waals surface area contributed by atoms with E-state index in [1.54, 1.807) is 0 Å². The van der Waals surface area contributed by atoms with Crippen LogP contribution in [0.4, 0.5) is 0 Å². The average Bonchev–Trinajstić information content (AvgIpc) is 3.04. The van der Waals surface area contributed by atoms with Crippen LogP contribution < -0.4 is 0 Å². The summed E-state index contributed by atoms with van der Waals surface area (Å²) in [5.41, 5.74) is 3.65. The lowest BCUT2D eigenvalue weighted by atomic mass is 10.0. The Bertz CT molecular complexity index is 783. The fourth-order valence-corrected chi connectivity index (χ4v) is 3.96. The Morgan fingerprint density at radius 3 is 2.19 bits per heavy atom. The Kier molecular flexibility index (Phi) is 5.54. The summed E-state index contributed by atoms with van der Waals surface area (Å²) in [7, 11) is 0. The third kappa shape index (κ3) is 4.22. The largest absolute Gasteiger partial charge is 0.378 e. The molecule has 140 valence electrons. The minimum absolute atomic E-state index is 0.121. The molecular weight excluding hydrogens is 336 g/mol. The third-order valence-corrected chi connectivity index (χ3v) is 5.39. The summed E-state index contributed by atoms with van der Waals surface area (Å²) in [6.07, 6.45) is 3.75. The van der Waals surface area contributed by atoms with Crippen molar-refractivity contribution in [3.05, 3.63) is 83.6 Å². The van der Waals surface area contributed by atoms with E-state index in [-0.39, 0.29) is 11.9 Å². The molecule has 4 heteroatoms. The molecule has 0 aliphatic carbocycles. The van der Waals surface area contributed by atoms with Gasteiger partial charge in [-0.3, -0.25) is 4.79 Å². The maximum Gasteiger partial charge on any atom is 0.249 e. The predicted molar refractivity (Wildman–Crippen MR) is 106 cm³/mol. The number of nitrogens with zero attached hydrogens (tertiary/aromatic N) is 2. The minimum Gasteiger partial charge on any atom is -0.378 e. The van der Waals surface area contributed by atoms with Crippen molar-refractivity contribution in [1.82, 2.24) is 9.80 Å². The Morgan fingerprint density at radius 2 is 1.52 bits per heavy atom. The number of benzene rings is 2. The van der Waals surface area contributed by atoms with E-state index < -0.39 is 0 Å². The first-order chi connectivity index (χ1) is 13.3. The molecule has 0 N–H and O–H groups in total. The smallest absolute Gasteiger partial charge is 0.249 e. The van der Waals surface area contributed by atoms with E-state index in [4.69, 9.17) is 4.74 Å². The number of morpholine rings is 1. The molecule has 2 aromatic rings. The molecule has 1 fully saturated rings. The second-order valence-electron chi connectivity index (χ2n) is 7.16. The fourth-order valence-electron chi connectivity index (χ4n) is 3.96. The van der Waals surface area contributed by atoms with Gasteiger partial charge in [0.1, 0.15) is 0 Å². The van der Waals surface area contributed by atoms with Gasteiger partial charge < -0.3 is 14.5 Å². The van der Waals surface area contributed by atoms with Gasteiger partial charge in [0.25, 0.3) is 0 Å². The van der Waals surface area contributed by atoms with E-state index in [2.05, 4.69) is 41.3 Å². The van der Waals surface area contributed by atoms with Gasteiger partial charge in [0.05, 0.1) is 19.3 Å². The second-order valence-corrected chi connectivity index (χ2v) is 7.16. The molecule has 2 aromatic carbocycles. The topological polar surface area (TPSA) is 32.8 Å². The molecule has 27 heavy (non-hydrogen) atoms. The average molecular weight is 362 g/mol. The SMILES string of the molecule is O=C1C=C(N2CCOCC2)C(CCc2ccccc2)N1Cc1ccccc1. The van der Waals surface area contributed by atoms with Gasteiger partial charge >= 0.3 is 0 Å². The standard InChI is InChI=1S/C23H26N2O2/c26-23-17-22(24-13-15-27-16-14-24)21(12-11-19-7-3-1-4-8-19)25(23)18-20-9-5-2-6-10-20/h1-10,17,21H,11-16,18H2. The maximum atomic E-state index is 12.8. The minimum atomic E-state index is 0.121. The van der Waals surface area contributed by atoms with E-state index in [1.807, 2.05) is 35.2 Å². The molecule has 0 saturated carbocycles. The van der Waals surface area contributed by atoms with Gasteiger partial charge in [0.2, 0.25) is 5.91 Å². The van der Waals surface area contributed by atoms with Crippen molar-refractivity contribution < 1.29 is 9.53 Å². The van der Waals surface area contributed by atoms with Gasteiger partial charge in [-0.25, -0.2) is 0 Å². The van der Waals surface area contributed by atoms with Crippen LogP contribution in [0.15, 0.2) is 72.4 Å². The molecule has 2 aliphatic rings. The number of aryl methyl sites for hydroxylation is 1. The van der Waals surface area contributed by atoms with Crippen LogP contribution in [0.5, 0.6) is 0 Å². The van der Waals surface area contributed by atoms with Crippen molar-refractivity contribution in [2.45, 2.75) is 25.4 Å². The van der Waals surface area contributed by atoms with Crippen molar-refractivity contribution in [3.63, 3.8) is 0 Å². The summed E-state index contributed by atoms with van der Waals surface area (Å²) in [6, 6.07) is 20.9. The summed E-state index contributed by atoms with van der Waals surface area (Å²) in [4.78, 5) is 17.2. The van der Waals surface area contributed by atoms with Crippen LogP contribution in [-0.4, -0.2) is 48.1 Å². The lowest BCUT2D eigenvalue weighted by molar-refractivity contribution is -0.126. The molecule has 4 rings (SSSR count). The number of carbonyl (C=O) groups excluding carboxylic acids is 1. The Labute approximate surface area is 161 Å². The lowest BCUT2D eigenvalue weighted by Crippen LogP contribution is -2.43. The summed E-state index contributed by atoms with van der Waals surface area (Å²) < 4.78 is 5.51. The van der Waals surface area contributed by atoms with Crippen LogP contribution in [0.2, 0.25) is 0 Å². The molecule has 1 saturated heterocycles. The molecule has 1 amide bonds. The first-order valence-corrected chi connectivity index (χ1v) is 9.74. The molecule has 2 heterocycles. The number of carbonyl (C=O) groups is 1. The van der Waals surface area contributed by atoms with Crippen molar-refractivity contribution in [2.75, 3.05) is 26.3 Å². The molecule has 0 spiro atoms. The van der Waals surface area contributed by atoms with Crippen LogP contribution in [0.25, 0.3) is 0 Å². The first kappa shape index (κ1) is 17.8. The summed E-state index contributed by atoms with van der Waals surface area (Å²) in [5.74, 6) is 0.124. The van der Waals surface area contributed by atoms with Gasteiger partial charge in [-0.1, -0.05) is 60.7 Å². The highest BCUT2D eigenvalue weighted by atomic mass is 16.5. The summed E-state index contributed by atoms with van der Waals surface area (Å²) in [6.45, 7) is 3.84. The number of rotatable bonds is 6. The molecule has 2 aliphatic heterocycles. The number of hydrogen-bond acceptors (Lipinski definition) is 3. The zero-order chi connectivity index (χ0) is 18.5. The second kappa shape index (κ2) is 8.40. The van der Waals surface area contributed by atoms with Gasteiger partial charge in [0, 0.05) is 31.4 Å². The number of hydrogen-bond donors (Lipinski definition) is 0. The van der Waals surface area contributed by atoms with Crippen LogP contribution in [0, 0.1) is 0 Å². The summed E-state index contributed by atoms with van der Waals surface area (Å²) >= 11 is 0. The Hall–Kier alpha value is -2.59. The monoisotopic (exact) mass is 362 g/mol. The molecule has 0 aromatic heterocycles.